The SMILES string of the molecule is Cc1cc(NN)nc(CN(C)Cc2ccc(Cl)s2)n1. The molecule has 2 heterocycles. The second kappa shape index (κ2) is 6.29. The van der Waals surface area contributed by atoms with E-state index >= 15 is 0 Å². The molecule has 3 N–H and O–H groups in total. The van der Waals surface area contributed by atoms with Gasteiger partial charge in [-0.15, -0.1) is 11.3 Å². The van der Waals surface area contributed by atoms with Crippen molar-refractivity contribution in [3.8, 4) is 0 Å². The number of thiophene rings is 1. The van der Waals surface area contributed by atoms with Crippen molar-refractivity contribution in [3.63, 3.8) is 0 Å². The number of hydrogen-bond donors (Lipinski definition) is 2. The predicted molar refractivity (Wildman–Crippen MR) is 79.1 cm³/mol. The van der Waals surface area contributed by atoms with Gasteiger partial charge >= 0.3 is 0 Å². The van der Waals surface area contributed by atoms with Gasteiger partial charge in [0.25, 0.3) is 0 Å². The summed E-state index contributed by atoms with van der Waals surface area (Å²) in [6.45, 7) is 3.40. The number of nitrogens with two attached hydrogens (primary N) is 1. The van der Waals surface area contributed by atoms with Crippen LogP contribution in [-0.2, 0) is 13.1 Å². The molecule has 0 fully saturated rings. The van der Waals surface area contributed by atoms with E-state index in [1.165, 1.54) is 4.88 Å². The highest BCUT2D eigenvalue weighted by atomic mass is 35.5. The summed E-state index contributed by atoms with van der Waals surface area (Å²) in [5.41, 5.74) is 3.44. The Morgan fingerprint density at radius 3 is 2.79 bits per heavy atom. The molecule has 7 heteroatoms. The molecular formula is C12H16ClN5S. The second-order valence-electron chi connectivity index (χ2n) is 4.33. The van der Waals surface area contributed by atoms with Gasteiger partial charge in [0.05, 0.1) is 10.9 Å². The van der Waals surface area contributed by atoms with Crippen LogP contribution in [0.3, 0.4) is 0 Å². The topological polar surface area (TPSA) is 67.1 Å². The van der Waals surface area contributed by atoms with Crippen LogP contribution in [0.4, 0.5) is 5.82 Å². The summed E-state index contributed by atoms with van der Waals surface area (Å²) >= 11 is 7.51. The predicted octanol–water partition coefficient (Wildman–Crippen LogP) is 2.42. The van der Waals surface area contributed by atoms with Crippen molar-refractivity contribution >= 4 is 28.8 Å². The number of nitrogens with zero attached hydrogens (tertiary/aromatic N) is 3. The molecule has 0 saturated carbocycles. The molecule has 0 spiro atoms. The molecule has 0 radical (unpaired) electrons. The lowest BCUT2D eigenvalue weighted by Gasteiger charge is -2.15. The van der Waals surface area contributed by atoms with Crippen molar-refractivity contribution in [3.05, 3.63) is 38.9 Å². The van der Waals surface area contributed by atoms with Crippen LogP contribution >= 0.6 is 22.9 Å². The summed E-state index contributed by atoms with van der Waals surface area (Å²) in [6, 6.07) is 5.75. The molecule has 0 saturated heterocycles. The van der Waals surface area contributed by atoms with Gasteiger partial charge in [0.1, 0.15) is 11.6 Å². The van der Waals surface area contributed by atoms with Crippen LogP contribution in [-0.4, -0.2) is 21.9 Å². The Bertz CT molecular complexity index is 557. The van der Waals surface area contributed by atoms with Crippen molar-refractivity contribution in [2.45, 2.75) is 20.0 Å². The molecule has 0 aliphatic heterocycles. The number of nitrogens with one attached hydrogen (secondary N) is 1. The standard InChI is InChI=1S/C12H16ClN5S/c1-8-5-11(17-14)16-12(15-8)7-18(2)6-9-3-4-10(13)19-9/h3-5H,6-7,14H2,1-2H3,(H,15,16,17). The van der Waals surface area contributed by atoms with Crippen LogP contribution in [0.15, 0.2) is 18.2 Å². The minimum Gasteiger partial charge on any atom is -0.308 e. The van der Waals surface area contributed by atoms with Gasteiger partial charge in [0.2, 0.25) is 0 Å². The number of halogens is 1. The third-order valence-electron chi connectivity index (χ3n) is 2.51. The zero-order chi connectivity index (χ0) is 13.8. The number of aryl methyl sites for hydroxylation is 1. The molecule has 0 bridgehead atoms. The normalized spacial score (nSPS) is 11.0. The van der Waals surface area contributed by atoms with E-state index in [1.807, 2.05) is 32.2 Å². The fourth-order valence-corrected chi connectivity index (χ4v) is 2.94. The summed E-state index contributed by atoms with van der Waals surface area (Å²) < 4.78 is 0.810. The Labute approximate surface area is 121 Å². The summed E-state index contributed by atoms with van der Waals surface area (Å²) in [7, 11) is 2.02. The molecule has 0 amide bonds. The number of rotatable bonds is 5. The van der Waals surface area contributed by atoms with Gasteiger partial charge in [-0.25, -0.2) is 15.8 Å². The maximum atomic E-state index is 5.92. The molecule has 0 unspecified atom stereocenters. The molecule has 2 aromatic heterocycles. The molecule has 102 valence electrons. The van der Waals surface area contributed by atoms with Gasteiger partial charge in [-0.05, 0) is 26.1 Å². The van der Waals surface area contributed by atoms with Crippen molar-refractivity contribution in [1.82, 2.24) is 14.9 Å². The molecule has 2 rings (SSSR count). The number of nitrogen functional groups attached to an aromatic ring is 1. The van der Waals surface area contributed by atoms with Crippen molar-refractivity contribution in [1.29, 1.82) is 0 Å². The van der Waals surface area contributed by atoms with E-state index in [1.54, 1.807) is 11.3 Å². The lowest BCUT2D eigenvalue weighted by Crippen LogP contribution is -2.19. The first-order valence-corrected chi connectivity index (χ1v) is 7.00. The number of hydrazine groups is 1. The Kier molecular flexibility index (Phi) is 4.71. The maximum Gasteiger partial charge on any atom is 0.145 e. The monoisotopic (exact) mass is 297 g/mol. The largest absolute Gasteiger partial charge is 0.308 e. The first-order chi connectivity index (χ1) is 9.06. The van der Waals surface area contributed by atoms with Crippen LogP contribution in [0.5, 0.6) is 0 Å². The molecule has 5 nitrogen and oxygen atoms in total. The molecule has 0 aliphatic rings. The van der Waals surface area contributed by atoms with E-state index in [2.05, 4.69) is 20.3 Å². The van der Waals surface area contributed by atoms with Crippen molar-refractivity contribution < 1.29 is 0 Å². The summed E-state index contributed by atoms with van der Waals surface area (Å²) in [5, 5.41) is 0. The van der Waals surface area contributed by atoms with E-state index in [0.717, 1.165) is 22.4 Å². The lowest BCUT2D eigenvalue weighted by atomic mass is 10.4. The second-order valence-corrected chi connectivity index (χ2v) is 6.13. The van der Waals surface area contributed by atoms with Gasteiger partial charge < -0.3 is 5.43 Å². The lowest BCUT2D eigenvalue weighted by molar-refractivity contribution is 0.313. The van der Waals surface area contributed by atoms with Gasteiger partial charge in [-0.1, -0.05) is 11.6 Å². The van der Waals surface area contributed by atoms with Crippen LogP contribution in [0, 0.1) is 6.92 Å². The highest BCUT2D eigenvalue weighted by molar-refractivity contribution is 7.16. The minimum atomic E-state index is 0.634. The molecule has 0 aliphatic carbocycles. The van der Waals surface area contributed by atoms with Crippen molar-refractivity contribution in [2.24, 2.45) is 5.84 Å². The Morgan fingerprint density at radius 1 is 1.37 bits per heavy atom. The van der Waals surface area contributed by atoms with Crippen LogP contribution in [0.25, 0.3) is 0 Å². The quantitative estimate of drug-likeness (QED) is 0.655. The van der Waals surface area contributed by atoms with E-state index in [0.29, 0.717) is 12.4 Å². The third-order valence-corrected chi connectivity index (χ3v) is 3.73. The fraction of sp³-hybridized carbons (Fsp3) is 0.333. The van der Waals surface area contributed by atoms with E-state index in [4.69, 9.17) is 17.4 Å². The summed E-state index contributed by atoms with van der Waals surface area (Å²) in [6.07, 6.45) is 0. The Balaban J connectivity index is 2.02. The van der Waals surface area contributed by atoms with E-state index in [9.17, 15) is 0 Å². The first kappa shape index (κ1) is 14.2. The van der Waals surface area contributed by atoms with Gasteiger partial charge in [-0.3, -0.25) is 4.90 Å². The van der Waals surface area contributed by atoms with Gasteiger partial charge in [0.15, 0.2) is 0 Å². The molecule has 2 aromatic rings. The van der Waals surface area contributed by atoms with Gasteiger partial charge in [0, 0.05) is 23.2 Å². The zero-order valence-corrected chi connectivity index (χ0v) is 12.4. The fourth-order valence-electron chi connectivity index (χ4n) is 1.77. The highest BCUT2D eigenvalue weighted by Crippen LogP contribution is 2.22. The van der Waals surface area contributed by atoms with E-state index in [-0.39, 0.29) is 0 Å². The van der Waals surface area contributed by atoms with Gasteiger partial charge in [-0.2, -0.15) is 0 Å². The summed E-state index contributed by atoms with van der Waals surface area (Å²) in [5.74, 6) is 6.76. The summed E-state index contributed by atoms with van der Waals surface area (Å²) in [4.78, 5) is 12.1. The molecular weight excluding hydrogens is 282 g/mol. The van der Waals surface area contributed by atoms with Crippen LogP contribution in [0.2, 0.25) is 4.34 Å². The minimum absolute atomic E-state index is 0.634. The average Bonchev–Trinajstić information content (AvgIpc) is 2.73. The number of anilines is 1. The molecule has 0 atom stereocenters. The van der Waals surface area contributed by atoms with Crippen molar-refractivity contribution in [2.75, 3.05) is 12.5 Å². The highest BCUT2D eigenvalue weighted by Gasteiger charge is 2.07. The Hall–Kier alpha value is -1.21. The Morgan fingerprint density at radius 2 is 2.16 bits per heavy atom. The smallest absolute Gasteiger partial charge is 0.145 e. The molecule has 19 heavy (non-hydrogen) atoms. The number of hydrogen-bond acceptors (Lipinski definition) is 6. The molecule has 0 aromatic carbocycles. The van der Waals surface area contributed by atoms with E-state index < -0.39 is 0 Å². The first-order valence-electron chi connectivity index (χ1n) is 5.81. The third kappa shape index (κ3) is 4.14. The average molecular weight is 298 g/mol. The number of aromatic nitrogens is 2. The maximum absolute atomic E-state index is 5.92. The van der Waals surface area contributed by atoms with Crippen LogP contribution < -0.4 is 11.3 Å². The zero-order valence-electron chi connectivity index (χ0n) is 10.9. The van der Waals surface area contributed by atoms with Crippen LogP contribution in [0.1, 0.15) is 16.4 Å².